The van der Waals surface area contributed by atoms with E-state index in [0.717, 1.165) is 24.2 Å². The number of likely N-dealkylation sites (tertiary alicyclic amines) is 1. The monoisotopic (exact) mass is 390 g/mol. The van der Waals surface area contributed by atoms with E-state index in [4.69, 9.17) is 4.74 Å². The van der Waals surface area contributed by atoms with Crippen molar-refractivity contribution in [3.63, 3.8) is 0 Å². The average Bonchev–Trinajstić information content (AvgIpc) is 2.78. The van der Waals surface area contributed by atoms with Gasteiger partial charge in [-0.2, -0.15) is 0 Å². The Morgan fingerprint density at radius 1 is 1.07 bits per heavy atom. The van der Waals surface area contributed by atoms with E-state index in [-0.39, 0.29) is 17.9 Å². The second-order valence-electron chi connectivity index (χ2n) is 6.94. The molecule has 0 atom stereocenters. The number of carbonyl (C=O) groups excluding carboxylic acids is 2. The van der Waals surface area contributed by atoms with E-state index >= 15 is 0 Å². The number of nitrogens with one attached hydrogen (secondary N) is 1. The maximum absolute atomic E-state index is 12.4. The molecular weight excluding hydrogens is 364 g/mol. The van der Waals surface area contributed by atoms with Crippen LogP contribution in [0.3, 0.4) is 0 Å². The number of hydrogen-bond donors (Lipinski definition) is 1. The predicted molar refractivity (Wildman–Crippen MR) is 115 cm³/mol. The fraction of sp³-hybridized carbons (Fsp3) is 0.250. The highest BCUT2D eigenvalue weighted by molar-refractivity contribution is 5.94. The van der Waals surface area contributed by atoms with Gasteiger partial charge >= 0.3 is 0 Å². The average molecular weight is 390 g/mol. The van der Waals surface area contributed by atoms with Crippen LogP contribution < -0.4 is 10.1 Å². The van der Waals surface area contributed by atoms with E-state index in [2.05, 4.69) is 11.9 Å². The van der Waals surface area contributed by atoms with Gasteiger partial charge in [-0.15, -0.1) is 0 Å². The number of carbonyl (C=O) groups is 2. The van der Waals surface area contributed by atoms with Crippen LogP contribution in [0.1, 0.15) is 28.8 Å². The molecule has 5 nitrogen and oxygen atoms in total. The third kappa shape index (κ3) is 6.07. The number of piperidine rings is 1. The van der Waals surface area contributed by atoms with Crippen LogP contribution in [-0.2, 0) is 4.79 Å². The fourth-order valence-corrected chi connectivity index (χ4v) is 3.21. The van der Waals surface area contributed by atoms with Crippen molar-refractivity contribution < 1.29 is 14.3 Å². The molecule has 2 aromatic carbocycles. The first kappa shape index (κ1) is 20.4. The summed E-state index contributed by atoms with van der Waals surface area (Å²) < 4.78 is 5.45. The molecule has 1 N–H and O–H groups in total. The van der Waals surface area contributed by atoms with Crippen molar-refractivity contribution in [2.45, 2.75) is 18.9 Å². The molecule has 0 bridgehead atoms. The van der Waals surface area contributed by atoms with E-state index < -0.39 is 0 Å². The molecule has 1 aliphatic rings. The molecule has 1 heterocycles. The molecule has 5 heteroatoms. The number of benzene rings is 2. The molecule has 29 heavy (non-hydrogen) atoms. The number of ether oxygens (including phenoxy) is 1. The van der Waals surface area contributed by atoms with Crippen LogP contribution in [0.4, 0.5) is 0 Å². The zero-order valence-corrected chi connectivity index (χ0v) is 16.4. The Bertz CT molecular complexity index is 851. The molecule has 1 aliphatic heterocycles. The number of hydrogen-bond acceptors (Lipinski definition) is 3. The van der Waals surface area contributed by atoms with Crippen molar-refractivity contribution in [3.8, 4) is 5.75 Å². The van der Waals surface area contributed by atoms with Crippen LogP contribution in [0, 0.1) is 0 Å². The van der Waals surface area contributed by atoms with Gasteiger partial charge in [-0.3, -0.25) is 9.59 Å². The first-order valence-electron chi connectivity index (χ1n) is 9.82. The van der Waals surface area contributed by atoms with Gasteiger partial charge in [-0.05, 0) is 48.7 Å². The quantitative estimate of drug-likeness (QED) is 0.579. The summed E-state index contributed by atoms with van der Waals surface area (Å²) in [5, 5.41) is 3.06. The van der Waals surface area contributed by atoms with Gasteiger partial charge in [0.05, 0.1) is 0 Å². The Hall–Kier alpha value is -3.34. The summed E-state index contributed by atoms with van der Waals surface area (Å²) in [4.78, 5) is 26.5. The summed E-state index contributed by atoms with van der Waals surface area (Å²) in [6, 6.07) is 16.9. The number of amides is 2. The molecule has 1 saturated heterocycles. The van der Waals surface area contributed by atoms with Crippen LogP contribution in [-0.4, -0.2) is 42.5 Å². The Morgan fingerprint density at radius 3 is 2.41 bits per heavy atom. The van der Waals surface area contributed by atoms with Crippen molar-refractivity contribution in [1.29, 1.82) is 0 Å². The fourth-order valence-electron chi connectivity index (χ4n) is 3.21. The zero-order valence-electron chi connectivity index (χ0n) is 16.4. The Morgan fingerprint density at radius 2 is 1.76 bits per heavy atom. The minimum atomic E-state index is -0.0595. The topological polar surface area (TPSA) is 58.6 Å². The molecule has 0 spiro atoms. The third-order valence-corrected chi connectivity index (χ3v) is 4.84. The predicted octanol–water partition coefficient (Wildman–Crippen LogP) is 3.69. The summed E-state index contributed by atoms with van der Waals surface area (Å²) in [6.45, 7) is 5.36. The molecule has 150 valence electrons. The minimum Gasteiger partial charge on any atom is -0.490 e. The minimum absolute atomic E-state index is 0.00943. The van der Waals surface area contributed by atoms with Gasteiger partial charge < -0.3 is 15.0 Å². The summed E-state index contributed by atoms with van der Waals surface area (Å²) in [5.41, 5.74) is 1.60. The van der Waals surface area contributed by atoms with Crippen molar-refractivity contribution in [3.05, 3.63) is 84.5 Å². The van der Waals surface area contributed by atoms with E-state index in [1.165, 1.54) is 0 Å². The molecule has 1 fully saturated rings. The van der Waals surface area contributed by atoms with Gasteiger partial charge in [-0.1, -0.05) is 43.0 Å². The van der Waals surface area contributed by atoms with E-state index in [0.29, 0.717) is 25.3 Å². The normalized spacial score (nSPS) is 14.6. The lowest BCUT2D eigenvalue weighted by atomic mass is 10.0. The highest BCUT2D eigenvalue weighted by Crippen LogP contribution is 2.15. The Balaban J connectivity index is 1.45. The molecule has 0 radical (unpaired) electrons. The molecule has 3 rings (SSSR count). The van der Waals surface area contributed by atoms with Crippen LogP contribution in [0.15, 0.2) is 73.3 Å². The Labute approximate surface area is 171 Å². The van der Waals surface area contributed by atoms with Crippen molar-refractivity contribution in [2.75, 3.05) is 19.7 Å². The standard InChI is InChI=1S/C24H26N2O3/c1-2-18-29-22-11-8-19(9-12-22)10-13-23(27)26-16-14-21(15-17-26)25-24(28)20-6-4-3-5-7-20/h2-13,21H,1,14-18H2,(H,25,28)/b13-10+. The molecule has 0 saturated carbocycles. The molecular formula is C24H26N2O3. The molecule has 0 aromatic heterocycles. The lowest BCUT2D eigenvalue weighted by Gasteiger charge is -2.31. The van der Waals surface area contributed by atoms with Crippen LogP contribution in [0.2, 0.25) is 0 Å². The van der Waals surface area contributed by atoms with Gasteiger partial charge in [0, 0.05) is 30.8 Å². The number of nitrogens with zero attached hydrogens (tertiary/aromatic N) is 1. The largest absolute Gasteiger partial charge is 0.490 e. The molecule has 2 amide bonds. The first-order valence-corrected chi connectivity index (χ1v) is 9.82. The van der Waals surface area contributed by atoms with Gasteiger partial charge in [-0.25, -0.2) is 0 Å². The van der Waals surface area contributed by atoms with Gasteiger partial charge in [0.25, 0.3) is 5.91 Å². The summed E-state index contributed by atoms with van der Waals surface area (Å²) in [6.07, 6.45) is 6.62. The van der Waals surface area contributed by atoms with Gasteiger partial charge in [0.2, 0.25) is 5.91 Å². The van der Waals surface area contributed by atoms with Crippen LogP contribution >= 0.6 is 0 Å². The van der Waals surface area contributed by atoms with Crippen molar-refractivity contribution in [2.24, 2.45) is 0 Å². The molecule has 0 aliphatic carbocycles. The summed E-state index contributed by atoms with van der Waals surface area (Å²) in [7, 11) is 0. The van der Waals surface area contributed by atoms with Gasteiger partial charge in [0.15, 0.2) is 0 Å². The van der Waals surface area contributed by atoms with Crippen molar-refractivity contribution >= 4 is 17.9 Å². The van der Waals surface area contributed by atoms with Crippen LogP contribution in [0.5, 0.6) is 5.75 Å². The summed E-state index contributed by atoms with van der Waals surface area (Å²) >= 11 is 0. The van der Waals surface area contributed by atoms with E-state index in [1.807, 2.05) is 53.4 Å². The maximum atomic E-state index is 12.4. The van der Waals surface area contributed by atoms with E-state index in [9.17, 15) is 9.59 Å². The lowest BCUT2D eigenvalue weighted by Crippen LogP contribution is -2.46. The van der Waals surface area contributed by atoms with Gasteiger partial charge in [0.1, 0.15) is 12.4 Å². The summed E-state index contributed by atoms with van der Waals surface area (Å²) in [5.74, 6) is 0.702. The number of rotatable bonds is 7. The first-order chi connectivity index (χ1) is 14.2. The SMILES string of the molecule is C=CCOc1ccc(/C=C/C(=O)N2CCC(NC(=O)c3ccccc3)CC2)cc1. The smallest absolute Gasteiger partial charge is 0.251 e. The third-order valence-electron chi connectivity index (χ3n) is 4.84. The molecule has 0 unspecified atom stereocenters. The second kappa shape index (κ2) is 10.3. The second-order valence-corrected chi connectivity index (χ2v) is 6.94. The Kier molecular flexibility index (Phi) is 7.22. The maximum Gasteiger partial charge on any atom is 0.251 e. The highest BCUT2D eigenvalue weighted by atomic mass is 16.5. The lowest BCUT2D eigenvalue weighted by molar-refractivity contribution is -0.126. The molecule has 2 aromatic rings. The van der Waals surface area contributed by atoms with Crippen molar-refractivity contribution in [1.82, 2.24) is 10.2 Å². The zero-order chi connectivity index (χ0) is 20.5. The van der Waals surface area contributed by atoms with Crippen LogP contribution in [0.25, 0.3) is 6.08 Å². The highest BCUT2D eigenvalue weighted by Gasteiger charge is 2.23. The van der Waals surface area contributed by atoms with E-state index in [1.54, 1.807) is 24.3 Å².